The van der Waals surface area contributed by atoms with E-state index >= 15 is 0 Å². The summed E-state index contributed by atoms with van der Waals surface area (Å²) in [5.74, 6) is 0.0321. The maximum absolute atomic E-state index is 12.7. The van der Waals surface area contributed by atoms with Crippen LogP contribution in [0.3, 0.4) is 0 Å². The van der Waals surface area contributed by atoms with Crippen LogP contribution in [0.5, 0.6) is 5.75 Å². The molecule has 0 unspecified atom stereocenters. The average molecular weight is 417 g/mol. The van der Waals surface area contributed by atoms with Crippen molar-refractivity contribution < 1.29 is 17.9 Å². The molecule has 1 aromatic heterocycles. The summed E-state index contributed by atoms with van der Waals surface area (Å²) in [5.41, 5.74) is 0.357. The van der Waals surface area contributed by atoms with E-state index < -0.39 is 22.0 Å². The molecule has 0 saturated carbocycles. The largest absolute Gasteiger partial charge is 0.497 e. The molecule has 0 aliphatic heterocycles. The number of amides is 1. The monoisotopic (exact) mass is 416 g/mol. The number of anilines is 2. The minimum atomic E-state index is -3.71. The molecular weight excluding hydrogens is 396 g/mol. The van der Waals surface area contributed by atoms with Crippen LogP contribution in [-0.2, 0) is 14.8 Å². The molecule has 2 rings (SSSR count). The van der Waals surface area contributed by atoms with E-state index in [2.05, 4.69) is 15.5 Å². The van der Waals surface area contributed by atoms with Crippen molar-refractivity contribution in [1.82, 2.24) is 10.2 Å². The maximum atomic E-state index is 12.7. The van der Waals surface area contributed by atoms with Gasteiger partial charge in [0.2, 0.25) is 21.1 Å². The fraction of sp³-hybridized carbons (Fsp3) is 0.400. The molecule has 1 aromatic carbocycles. The molecule has 0 fully saturated rings. The van der Waals surface area contributed by atoms with Crippen molar-refractivity contribution >= 4 is 49.8 Å². The van der Waals surface area contributed by atoms with Gasteiger partial charge in [-0.15, -0.1) is 10.2 Å². The predicted octanol–water partition coefficient (Wildman–Crippen LogP) is 2.45. The molecule has 2 aromatic rings. The highest BCUT2D eigenvalue weighted by atomic mass is 32.2. The second-order valence-corrected chi connectivity index (χ2v) is 9.14. The third-order valence-electron chi connectivity index (χ3n) is 3.45. The molecule has 11 heteroatoms. The Morgan fingerprint density at radius 3 is 2.69 bits per heavy atom. The summed E-state index contributed by atoms with van der Waals surface area (Å²) in [6.07, 6.45) is 3.21. The Hall–Kier alpha value is -1.85. The first-order chi connectivity index (χ1) is 12.3. The summed E-state index contributed by atoms with van der Waals surface area (Å²) in [6.45, 7) is 1.75. The van der Waals surface area contributed by atoms with Gasteiger partial charge in [0, 0.05) is 6.07 Å². The Kier molecular flexibility index (Phi) is 6.84. The van der Waals surface area contributed by atoms with E-state index in [-0.39, 0.29) is 6.42 Å². The van der Waals surface area contributed by atoms with Gasteiger partial charge in [-0.05, 0) is 24.8 Å². The summed E-state index contributed by atoms with van der Waals surface area (Å²) in [4.78, 5) is 12.7. The van der Waals surface area contributed by atoms with Crippen LogP contribution in [-0.4, -0.2) is 50.2 Å². The predicted molar refractivity (Wildman–Crippen MR) is 105 cm³/mol. The van der Waals surface area contributed by atoms with Gasteiger partial charge in [-0.3, -0.25) is 14.4 Å². The summed E-state index contributed by atoms with van der Waals surface area (Å²) < 4.78 is 31.8. The van der Waals surface area contributed by atoms with Gasteiger partial charge in [-0.25, -0.2) is 8.42 Å². The number of ether oxygens (including phenoxy) is 1. The first kappa shape index (κ1) is 20.5. The van der Waals surface area contributed by atoms with Crippen LogP contribution in [0.2, 0.25) is 0 Å². The Bertz CT molecular complexity index is 869. The number of hydrogen-bond acceptors (Lipinski definition) is 8. The topological polar surface area (TPSA) is 101 Å². The SMILES string of the molecule is CC[C@@H](C(=O)Nc1nnc(SC)s1)N(c1cccc(OC)c1)S(C)(=O)=O. The first-order valence-electron chi connectivity index (χ1n) is 7.62. The van der Waals surface area contributed by atoms with Crippen LogP contribution < -0.4 is 14.4 Å². The third-order valence-corrected chi connectivity index (χ3v) is 6.44. The van der Waals surface area contributed by atoms with Crippen LogP contribution in [0, 0.1) is 0 Å². The number of carbonyl (C=O) groups excluding carboxylic acids is 1. The van der Waals surface area contributed by atoms with E-state index in [4.69, 9.17) is 4.74 Å². The molecule has 8 nitrogen and oxygen atoms in total. The zero-order valence-electron chi connectivity index (χ0n) is 14.8. The van der Waals surface area contributed by atoms with Crippen molar-refractivity contribution in [1.29, 1.82) is 0 Å². The van der Waals surface area contributed by atoms with Gasteiger partial charge in [0.1, 0.15) is 11.8 Å². The second kappa shape index (κ2) is 8.69. The molecule has 1 N–H and O–H groups in total. The van der Waals surface area contributed by atoms with Crippen LogP contribution >= 0.6 is 23.1 Å². The number of benzene rings is 1. The molecule has 26 heavy (non-hydrogen) atoms. The minimum absolute atomic E-state index is 0.282. The minimum Gasteiger partial charge on any atom is -0.497 e. The molecule has 0 saturated heterocycles. The lowest BCUT2D eigenvalue weighted by atomic mass is 10.2. The van der Waals surface area contributed by atoms with E-state index in [0.29, 0.717) is 20.9 Å². The van der Waals surface area contributed by atoms with Crippen LogP contribution in [0.4, 0.5) is 10.8 Å². The smallest absolute Gasteiger partial charge is 0.250 e. The fourth-order valence-electron chi connectivity index (χ4n) is 2.34. The van der Waals surface area contributed by atoms with Crippen LogP contribution in [0.15, 0.2) is 28.6 Å². The van der Waals surface area contributed by atoms with Crippen molar-refractivity contribution in [3.63, 3.8) is 0 Å². The van der Waals surface area contributed by atoms with Gasteiger partial charge < -0.3 is 4.74 Å². The van der Waals surface area contributed by atoms with E-state index in [0.717, 1.165) is 10.6 Å². The van der Waals surface area contributed by atoms with Gasteiger partial charge in [0.25, 0.3) is 0 Å². The molecular formula is C15H20N4O4S3. The number of aromatic nitrogens is 2. The Labute approximate surface area is 161 Å². The van der Waals surface area contributed by atoms with Crippen molar-refractivity contribution in [3.8, 4) is 5.75 Å². The third kappa shape index (κ3) is 4.86. The number of rotatable bonds is 8. The normalized spacial score (nSPS) is 12.5. The lowest BCUT2D eigenvalue weighted by molar-refractivity contribution is -0.117. The molecule has 1 heterocycles. The zero-order chi connectivity index (χ0) is 19.3. The molecule has 0 aliphatic carbocycles. The number of thioether (sulfide) groups is 1. The molecule has 0 radical (unpaired) electrons. The standard InChI is InChI=1S/C15H20N4O4S3/c1-5-12(13(20)16-14-17-18-15(24-3)25-14)19(26(4,21)22)10-7-6-8-11(9-10)23-2/h6-9,12H,5H2,1-4H3,(H,16,17,20)/t12-/m0/s1. The van der Waals surface area contributed by atoms with Crippen molar-refractivity contribution in [2.75, 3.05) is 29.2 Å². The van der Waals surface area contributed by atoms with Crippen molar-refractivity contribution in [3.05, 3.63) is 24.3 Å². The fourth-order valence-corrected chi connectivity index (χ4v) is 4.72. The highest BCUT2D eigenvalue weighted by Crippen LogP contribution is 2.28. The van der Waals surface area contributed by atoms with Gasteiger partial charge in [0.05, 0.1) is 19.1 Å². The van der Waals surface area contributed by atoms with Crippen molar-refractivity contribution in [2.45, 2.75) is 23.7 Å². The number of hydrogen-bond donors (Lipinski definition) is 1. The Morgan fingerprint density at radius 2 is 2.15 bits per heavy atom. The highest BCUT2D eigenvalue weighted by Gasteiger charge is 2.32. The van der Waals surface area contributed by atoms with Crippen LogP contribution in [0.1, 0.15) is 13.3 Å². The molecule has 1 amide bonds. The lowest BCUT2D eigenvalue weighted by Gasteiger charge is -2.29. The summed E-state index contributed by atoms with van der Waals surface area (Å²) >= 11 is 2.65. The number of nitrogens with one attached hydrogen (secondary N) is 1. The van der Waals surface area contributed by atoms with Crippen LogP contribution in [0.25, 0.3) is 0 Å². The average Bonchev–Trinajstić information content (AvgIpc) is 3.05. The van der Waals surface area contributed by atoms with E-state index in [9.17, 15) is 13.2 Å². The van der Waals surface area contributed by atoms with E-state index in [1.54, 1.807) is 31.2 Å². The maximum Gasteiger partial charge on any atom is 0.250 e. The molecule has 142 valence electrons. The summed E-state index contributed by atoms with van der Waals surface area (Å²) in [6, 6.07) is 5.64. The summed E-state index contributed by atoms with van der Waals surface area (Å²) in [5, 5.41) is 10.8. The lowest BCUT2D eigenvalue weighted by Crippen LogP contribution is -2.47. The Morgan fingerprint density at radius 1 is 1.42 bits per heavy atom. The van der Waals surface area contributed by atoms with E-state index in [1.807, 2.05) is 6.26 Å². The van der Waals surface area contributed by atoms with Gasteiger partial charge >= 0.3 is 0 Å². The number of carbonyl (C=O) groups is 1. The number of methoxy groups -OCH3 is 1. The molecule has 0 aliphatic rings. The number of sulfonamides is 1. The number of nitrogens with zero attached hydrogens (tertiary/aromatic N) is 3. The highest BCUT2D eigenvalue weighted by molar-refractivity contribution is 8.00. The molecule has 0 bridgehead atoms. The Balaban J connectivity index is 2.35. The second-order valence-electron chi connectivity index (χ2n) is 5.25. The van der Waals surface area contributed by atoms with Gasteiger partial charge in [0.15, 0.2) is 4.34 Å². The first-order valence-corrected chi connectivity index (χ1v) is 11.5. The summed E-state index contributed by atoms with van der Waals surface area (Å²) in [7, 11) is -2.22. The van der Waals surface area contributed by atoms with E-state index in [1.165, 1.54) is 30.2 Å². The van der Waals surface area contributed by atoms with Gasteiger partial charge in [-0.1, -0.05) is 36.1 Å². The molecule has 1 atom stereocenters. The zero-order valence-corrected chi connectivity index (χ0v) is 17.2. The van der Waals surface area contributed by atoms with Gasteiger partial charge in [-0.2, -0.15) is 0 Å². The quantitative estimate of drug-likeness (QED) is 0.521. The molecule has 0 spiro atoms. The van der Waals surface area contributed by atoms with Crippen molar-refractivity contribution in [2.24, 2.45) is 0 Å².